The Bertz CT molecular complexity index is 408. The number of nitrogens with one attached hydrogen (secondary N) is 1. The molecule has 1 aliphatic carbocycles. The van der Waals surface area contributed by atoms with Crippen LogP contribution in [0.15, 0.2) is 36.4 Å². The molecular formula is C16H21NO2. The Morgan fingerprint density at radius 1 is 1.26 bits per heavy atom. The van der Waals surface area contributed by atoms with Gasteiger partial charge >= 0.3 is 0 Å². The van der Waals surface area contributed by atoms with Crippen molar-refractivity contribution in [2.45, 2.75) is 31.8 Å². The van der Waals surface area contributed by atoms with Crippen LogP contribution in [0.2, 0.25) is 0 Å². The quantitative estimate of drug-likeness (QED) is 0.853. The van der Waals surface area contributed by atoms with Gasteiger partial charge in [-0.3, -0.25) is 4.79 Å². The molecular weight excluding hydrogens is 238 g/mol. The third kappa shape index (κ3) is 5.26. The van der Waals surface area contributed by atoms with E-state index in [0.29, 0.717) is 12.6 Å². The topological polar surface area (TPSA) is 38.3 Å². The van der Waals surface area contributed by atoms with Crippen molar-refractivity contribution >= 4 is 12.0 Å². The van der Waals surface area contributed by atoms with E-state index in [9.17, 15) is 4.79 Å². The Kier molecular flexibility index (Phi) is 5.63. The Hall–Kier alpha value is -1.61. The highest BCUT2D eigenvalue weighted by Gasteiger charge is 2.16. The van der Waals surface area contributed by atoms with Gasteiger partial charge in [0.15, 0.2) is 0 Å². The predicted octanol–water partition coefficient (Wildman–Crippen LogP) is 2.78. The monoisotopic (exact) mass is 259 g/mol. The van der Waals surface area contributed by atoms with Gasteiger partial charge in [0, 0.05) is 6.54 Å². The zero-order valence-corrected chi connectivity index (χ0v) is 11.2. The normalized spacial score (nSPS) is 16.0. The second-order valence-corrected chi connectivity index (χ2v) is 4.83. The highest BCUT2D eigenvalue weighted by atomic mass is 16.5. The minimum absolute atomic E-state index is 0.0374. The molecule has 0 heterocycles. The summed E-state index contributed by atoms with van der Waals surface area (Å²) in [7, 11) is 0. The third-order valence-corrected chi connectivity index (χ3v) is 3.28. The van der Waals surface area contributed by atoms with E-state index in [1.54, 1.807) is 0 Å². The third-order valence-electron chi connectivity index (χ3n) is 3.28. The van der Waals surface area contributed by atoms with Crippen LogP contribution in [-0.4, -0.2) is 25.2 Å². The maximum absolute atomic E-state index is 11.5. The van der Waals surface area contributed by atoms with Gasteiger partial charge in [0.2, 0.25) is 5.91 Å². The molecule has 1 aromatic carbocycles. The fourth-order valence-electron chi connectivity index (χ4n) is 2.23. The van der Waals surface area contributed by atoms with Gasteiger partial charge < -0.3 is 10.1 Å². The highest BCUT2D eigenvalue weighted by Crippen LogP contribution is 2.20. The molecule has 0 aliphatic heterocycles. The van der Waals surface area contributed by atoms with E-state index in [-0.39, 0.29) is 12.5 Å². The summed E-state index contributed by atoms with van der Waals surface area (Å²) in [6.07, 6.45) is 8.90. The molecule has 19 heavy (non-hydrogen) atoms. The smallest absolute Gasteiger partial charge is 0.246 e. The van der Waals surface area contributed by atoms with E-state index < -0.39 is 0 Å². The summed E-state index contributed by atoms with van der Waals surface area (Å²) >= 11 is 0. The fourth-order valence-corrected chi connectivity index (χ4v) is 2.23. The molecule has 2 rings (SSSR count). The molecule has 1 N–H and O–H groups in total. The summed E-state index contributed by atoms with van der Waals surface area (Å²) in [5.74, 6) is -0.0374. The molecule has 0 radical (unpaired) electrons. The Labute approximate surface area is 114 Å². The number of carbonyl (C=O) groups excluding carboxylic acids is 1. The van der Waals surface area contributed by atoms with Crippen LogP contribution in [0.25, 0.3) is 6.08 Å². The van der Waals surface area contributed by atoms with E-state index >= 15 is 0 Å². The molecule has 102 valence electrons. The van der Waals surface area contributed by atoms with Gasteiger partial charge in [0.1, 0.15) is 6.61 Å². The van der Waals surface area contributed by atoms with Crippen LogP contribution in [0.1, 0.15) is 31.2 Å². The number of hydrogen-bond acceptors (Lipinski definition) is 2. The molecule has 0 aromatic heterocycles. The van der Waals surface area contributed by atoms with Crippen molar-refractivity contribution in [1.29, 1.82) is 0 Å². The lowest BCUT2D eigenvalue weighted by Gasteiger charge is -2.10. The van der Waals surface area contributed by atoms with E-state index in [2.05, 4.69) is 5.32 Å². The van der Waals surface area contributed by atoms with Gasteiger partial charge in [-0.05, 0) is 18.4 Å². The maximum atomic E-state index is 11.5. The molecule has 1 fully saturated rings. The van der Waals surface area contributed by atoms with Gasteiger partial charge in [-0.1, -0.05) is 55.3 Å². The standard InChI is InChI=1S/C16H21NO2/c18-16(13-19-15-10-4-5-11-15)17-12-6-9-14-7-2-1-3-8-14/h1-3,6-9,15H,4-5,10-13H2,(H,17,18)/b9-6+. The predicted molar refractivity (Wildman–Crippen MR) is 76.7 cm³/mol. The maximum Gasteiger partial charge on any atom is 0.246 e. The van der Waals surface area contributed by atoms with Crippen LogP contribution in [0, 0.1) is 0 Å². The van der Waals surface area contributed by atoms with Gasteiger partial charge in [0.05, 0.1) is 6.10 Å². The number of rotatable bonds is 6. The number of hydrogen-bond donors (Lipinski definition) is 1. The lowest BCUT2D eigenvalue weighted by Crippen LogP contribution is -2.29. The SMILES string of the molecule is O=C(COC1CCCC1)NC/C=C/c1ccccc1. The minimum atomic E-state index is -0.0374. The lowest BCUT2D eigenvalue weighted by atomic mass is 10.2. The van der Waals surface area contributed by atoms with Crippen molar-refractivity contribution in [1.82, 2.24) is 5.32 Å². The molecule has 0 unspecified atom stereocenters. The molecule has 0 bridgehead atoms. The first-order chi connectivity index (χ1) is 9.34. The summed E-state index contributed by atoms with van der Waals surface area (Å²) in [6, 6.07) is 10.0. The van der Waals surface area contributed by atoms with Crippen LogP contribution < -0.4 is 5.32 Å². The number of carbonyl (C=O) groups is 1. The molecule has 0 atom stereocenters. The van der Waals surface area contributed by atoms with Gasteiger partial charge in [-0.15, -0.1) is 0 Å². The minimum Gasteiger partial charge on any atom is -0.368 e. The molecule has 3 heteroatoms. The summed E-state index contributed by atoms with van der Waals surface area (Å²) in [4.78, 5) is 11.5. The van der Waals surface area contributed by atoms with Crippen LogP contribution in [0.3, 0.4) is 0 Å². The van der Waals surface area contributed by atoms with Crippen molar-refractivity contribution in [2.24, 2.45) is 0 Å². The van der Waals surface area contributed by atoms with Crippen molar-refractivity contribution in [2.75, 3.05) is 13.2 Å². The molecule has 0 spiro atoms. The Balaban J connectivity index is 1.59. The molecule has 1 aliphatic rings. The summed E-state index contributed by atoms with van der Waals surface area (Å²) in [5.41, 5.74) is 1.14. The van der Waals surface area contributed by atoms with Crippen LogP contribution in [-0.2, 0) is 9.53 Å². The Morgan fingerprint density at radius 2 is 2.00 bits per heavy atom. The summed E-state index contributed by atoms with van der Waals surface area (Å²) < 4.78 is 5.54. The van der Waals surface area contributed by atoms with Crippen molar-refractivity contribution < 1.29 is 9.53 Å². The van der Waals surface area contributed by atoms with E-state index in [4.69, 9.17) is 4.74 Å². The van der Waals surface area contributed by atoms with E-state index in [0.717, 1.165) is 18.4 Å². The first-order valence-electron chi connectivity index (χ1n) is 6.94. The van der Waals surface area contributed by atoms with Gasteiger partial charge in [-0.2, -0.15) is 0 Å². The summed E-state index contributed by atoms with van der Waals surface area (Å²) in [6.45, 7) is 0.728. The molecule has 1 saturated carbocycles. The lowest BCUT2D eigenvalue weighted by molar-refractivity contribution is -0.127. The van der Waals surface area contributed by atoms with Crippen LogP contribution >= 0.6 is 0 Å². The van der Waals surface area contributed by atoms with Crippen LogP contribution in [0.5, 0.6) is 0 Å². The largest absolute Gasteiger partial charge is 0.368 e. The van der Waals surface area contributed by atoms with Crippen molar-refractivity contribution in [3.8, 4) is 0 Å². The number of amides is 1. The molecule has 1 amide bonds. The van der Waals surface area contributed by atoms with E-state index in [1.165, 1.54) is 12.8 Å². The van der Waals surface area contributed by atoms with Gasteiger partial charge in [0.25, 0.3) is 0 Å². The first kappa shape index (κ1) is 13.8. The van der Waals surface area contributed by atoms with Crippen molar-refractivity contribution in [3.05, 3.63) is 42.0 Å². The average Bonchev–Trinajstić information content (AvgIpc) is 2.96. The molecule has 0 saturated heterocycles. The zero-order valence-electron chi connectivity index (χ0n) is 11.2. The van der Waals surface area contributed by atoms with E-state index in [1.807, 2.05) is 42.5 Å². The number of benzene rings is 1. The first-order valence-corrected chi connectivity index (χ1v) is 6.94. The second-order valence-electron chi connectivity index (χ2n) is 4.83. The molecule has 3 nitrogen and oxygen atoms in total. The Morgan fingerprint density at radius 3 is 2.74 bits per heavy atom. The average molecular weight is 259 g/mol. The zero-order chi connectivity index (χ0) is 13.3. The van der Waals surface area contributed by atoms with Crippen LogP contribution in [0.4, 0.5) is 0 Å². The van der Waals surface area contributed by atoms with Crippen molar-refractivity contribution in [3.63, 3.8) is 0 Å². The number of ether oxygens (including phenoxy) is 1. The summed E-state index contributed by atoms with van der Waals surface area (Å²) in [5, 5.41) is 2.83. The van der Waals surface area contributed by atoms with Gasteiger partial charge in [-0.25, -0.2) is 0 Å². The fraction of sp³-hybridized carbons (Fsp3) is 0.438. The highest BCUT2D eigenvalue weighted by molar-refractivity contribution is 5.77. The molecule has 1 aromatic rings. The second kappa shape index (κ2) is 7.74.